The molecule has 3 nitrogen and oxygen atoms in total. The van der Waals surface area contributed by atoms with Crippen LogP contribution in [0.4, 0.5) is 5.69 Å². The molecule has 1 fully saturated rings. The van der Waals surface area contributed by atoms with Crippen LogP contribution < -0.4 is 4.90 Å². The molecule has 0 aliphatic carbocycles. The average Bonchev–Trinajstić information content (AvgIpc) is 2.65. The molecule has 2 amide bonds. The first-order chi connectivity index (χ1) is 9.04. The van der Waals surface area contributed by atoms with Crippen LogP contribution in [0.5, 0.6) is 0 Å². The second-order valence-corrected chi connectivity index (χ2v) is 4.87. The lowest BCUT2D eigenvalue weighted by Crippen LogP contribution is -2.29. The Hall–Kier alpha value is -1.58. The van der Waals surface area contributed by atoms with Gasteiger partial charge in [-0.25, -0.2) is 4.90 Å². The molecule has 1 heterocycles. The molecule has 0 atom stereocenters. The standard InChI is InChI=1S/C14H11Cl2NO2/c1-2-3-4-9-7-13(18)17(14(9)19)12-8-10(15)5-6-11(12)16/h2-6,8H,7H2,1H3. The molecule has 1 aromatic carbocycles. The fourth-order valence-corrected chi connectivity index (χ4v) is 2.19. The minimum absolute atomic E-state index is 0.0754. The Labute approximate surface area is 121 Å². The van der Waals surface area contributed by atoms with Crippen molar-refractivity contribution in [1.29, 1.82) is 0 Å². The third-order valence-electron chi connectivity index (χ3n) is 2.71. The molecule has 0 N–H and O–H groups in total. The molecule has 5 heteroatoms. The molecule has 2 rings (SSSR count). The number of carbonyl (C=O) groups excluding carboxylic acids is 2. The first-order valence-corrected chi connectivity index (χ1v) is 6.44. The Kier molecular flexibility index (Phi) is 4.08. The van der Waals surface area contributed by atoms with Crippen molar-refractivity contribution in [2.45, 2.75) is 13.3 Å². The van der Waals surface area contributed by atoms with Crippen LogP contribution in [0.2, 0.25) is 10.0 Å². The van der Waals surface area contributed by atoms with Crippen molar-refractivity contribution in [3.05, 3.63) is 52.0 Å². The summed E-state index contributed by atoms with van der Waals surface area (Å²) in [6, 6.07) is 4.68. The third-order valence-corrected chi connectivity index (χ3v) is 3.26. The Balaban J connectivity index is 2.43. The fourth-order valence-electron chi connectivity index (χ4n) is 1.82. The van der Waals surface area contributed by atoms with Gasteiger partial charge >= 0.3 is 0 Å². The number of nitrogens with zero attached hydrogens (tertiary/aromatic N) is 1. The molecule has 1 aliphatic rings. The SMILES string of the molecule is CC=CC=C1CC(=O)N(c2cc(Cl)ccc2Cl)C1=O. The smallest absolute Gasteiger partial charge is 0.261 e. The van der Waals surface area contributed by atoms with Gasteiger partial charge in [0.25, 0.3) is 5.91 Å². The second kappa shape index (κ2) is 5.59. The number of hydrogen-bond acceptors (Lipinski definition) is 2. The topological polar surface area (TPSA) is 37.4 Å². The highest BCUT2D eigenvalue weighted by Crippen LogP contribution is 2.33. The minimum atomic E-state index is -0.354. The van der Waals surface area contributed by atoms with Crippen molar-refractivity contribution in [2.75, 3.05) is 4.90 Å². The summed E-state index contributed by atoms with van der Waals surface area (Å²) in [6.45, 7) is 1.84. The van der Waals surface area contributed by atoms with E-state index in [1.54, 1.807) is 30.4 Å². The summed E-state index contributed by atoms with van der Waals surface area (Å²) < 4.78 is 0. The van der Waals surface area contributed by atoms with Crippen LogP contribution in [-0.4, -0.2) is 11.8 Å². The number of benzene rings is 1. The van der Waals surface area contributed by atoms with E-state index in [2.05, 4.69) is 0 Å². The number of anilines is 1. The molecule has 19 heavy (non-hydrogen) atoms. The first-order valence-electron chi connectivity index (χ1n) is 5.68. The summed E-state index contributed by atoms with van der Waals surface area (Å²) >= 11 is 11.9. The Morgan fingerprint density at radius 2 is 2.00 bits per heavy atom. The summed E-state index contributed by atoms with van der Waals surface area (Å²) in [5, 5.41) is 0.740. The van der Waals surface area contributed by atoms with Crippen LogP contribution in [0.3, 0.4) is 0 Å². The molecule has 0 aromatic heterocycles. The van der Waals surface area contributed by atoms with E-state index in [0.29, 0.717) is 21.3 Å². The molecular formula is C14H11Cl2NO2. The first kappa shape index (κ1) is 13.8. The molecule has 1 aromatic rings. The predicted octanol–water partition coefficient (Wildman–Crippen LogP) is 3.76. The molecule has 0 radical (unpaired) electrons. The second-order valence-electron chi connectivity index (χ2n) is 4.02. The average molecular weight is 296 g/mol. The number of carbonyl (C=O) groups is 2. The van der Waals surface area contributed by atoms with E-state index < -0.39 is 0 Å². The van der Waals surface area contributed by atoms with Gasteiger partial charge in [-0.05, 0) is 25.1 Å². The quantitative estimate of drug-likeness (QED) is 0.615. The summed E-state index contributed by atoms with van der Waals surface area (Å²) in [4.78, 5) is 25.2. The maximum Gasteiger partial charge on any atom is 0.261 e. The molecule has 1 saturated heterocycles. The molecule has 98 valence electrons. The number of halogens is 2. The van der Waals surface area contributed by atoms with Gasteiger partial charge in [0.15, 0.2) is 0 Å². The molecule has 0 unspecified atom stereocenters. The van der Waals surface area contributed by atoms with Crippen LogP contribution >= 0.6 is 23.2 Å². The molecule has 0 saturated carbocycles. The van der Waals surface area contributed by atoms with Gasteiger partial charge in [-0.3, -0.25) is 9.59 Å². The Morgan fingerprint density at radius 3 is 2.68 bits per heavy atom. The minimum Gasteiger partial charge on any atom is -0.274 e. The van der Waals surface area contributed by atoms with E-state index in [9.17, 15) is 9.59 Å². The number of hydrogen-bond donors (Lipinski definition) is 0. The summed E-state index contributed by atoms with van der Waals surface area (Å²) in [6.07, 6.45) is 5.23. The van der Waals surface area contributed by atoms with Crippen LogP contribution in [0.1, 0.15) is 13.3 Å². The van der Waals surface area contributed by atoms with Crippen LogP contribution in [0.15, 0.2) is 42.0 Å². The van der Waals surface area contributed by atoms with Gasteiger partial charge in [-0.1, -0.05) is 41.4 Å². The monoisotopic (exact) mass is 295 g/mol. The van der Waals surface area contributed by atoms with E-state index in [1.807, 2.05) is 6.92 Å². The van der Waals surface area contributed by atoms with Gasteiger partial charge in [-0.2, -0.15) is 0 Å². The Bertz CT molecular complexity index is 605. The highest BCUT2D eigenvalue weighted by Gasteiger charge is 2.35. The number of allylic oxidation sites excluding steroid dienone is 3. The van der Waals surface area contributed by atoms with Gasteiger partial charge < -0.3 is 0 Å². The van der Waals surface area contributed by atoms with Crippen LogP contribution in [-0.2, 0) is 9.59 Å². The van der Waals surface area contributed by atoms with E-state index in [0.717, 1.165) is 4.90 Å². The van der Waals surface area contributed by atoms with Crippen molar-refractivity contribution in [3.63, 3.8) is 0 Å². The van der Waals surface area contributed by atoms with Gasteiger partial charge in [0, 0.05) is 10.6 Å². The summed E-state index contributed by atoms with van der Waals surface area (Å²) in [5.74, 6) is -0.655. The third kappa shape index (κ3) is 2.72. The molecule has 0 bridgehead atoms. The van der Waals surface area contributed by atoms with E-state index in [4.69, 9.17) is 23.2 Å². The van der Waals surface area contributed by atoms with Gasteiger partial charge in [0.2, 0.25) is 5.91 Å². The molecule has 0 spiro atoms. The van der Waals surface area contributed by atoms with Crippen LogP contribution in [0, 0.1) is 0 Å². The number of amides is 2. The van der Waals surface area contributed by atoms with Crippen molar-refractivity contribution >= 4 is 40.7 Å². The lowest BCUT2D eigenvalue weighted by Gasteiger charge is -2.15. The lowest BCUT2D eigenvalue weighted by atomic mass is 10.2. The van der Waals surface area contributed by atoms with Gasteiger partial charge in [-0.15, -0.1) is 0 Å². The highest BCUT2D eigenvalue weighted by atomic mass is 35.5. The lowest BCUT2D eigenvalue weighted by molar-refractivity contribution is -0.120. The zero-order valence-corrected chi connectivity index (χ0v) is 11.7. The van der Waals surface area contributed by atoms with Crippen LogP contribution in [0.25, 0.3) is 0 Å². The van der Waals surface area contributed by atoms with E-state index >= 15 is 0 Å². The van der Waals surface area contributed by atoms with Crippen molar-refractivity contribution < 1.29 is 9.59 Å². The highest BCUT2D eigenvalue weighted by molar-refractivity contribution is 6.38. The predicted molar refractivity (Wildman–Crippen MR) is 76.5 cm³/mol. The van der Waals surface area contributed by atoms with E-state index in [-0.39, 0.29) is 18.2 Å². The van der Waals surface area contributed by atoms with E-state index in [1.165, 1.54) is 6.07 Å². The summed E-state index contributed by atoms with van der Waals surface area (Å²) in [7, 11) is 0. The van der Waals surface area contributed by atoms with Gasteiger partial charge in [0.05, 0.1) is 17.1 Å². The molecular weight excluding hydrogens is 285 g/mol. The number of imide groups is 1. The van der Waals surface area contributed by atoms with Crippen molar-refractivity contribution in [1.82, 2.24) is 0 Å². The number of rotatable bonds is 2. The normalized spacial score (nSPS) is 18.1. The van der Waals surface area contributed by atoms with Gasteiger partial charge in [0.1, 0.15) is 0 Å². The zero-order valence-electron chi connectivity index (χ0n) is 10.2. The zero-order chi connectivity index (χ0) is 14.0. The Morgan fingerprint density at radius 1 is 1.26 bits per heavy atom. The maximum atomic E-state index is 12.2. The molecule has 1 aliphatic heterocycles. The largest absolute Gasteiger partial charge is 0.274 e. The fraction of sp³-hybridized carbons (Fsp3) is 0.143. The van der Waals surface area contributed by atoms with Crippen molar-refractivity contribution in [3.8, 4) is 0 Å². The van der Waals surface area contributed by atoms with Crippen molar-refractivity contribution in [2.24, 2.45) is 0 Å². The maximum absolute atomic E-state index is 12.2. The summed E-state index contributed by atoms with van der Waals surface area (Å²) in [5.41, 5.74) is 0.771.